The fraction of sp³-hybridized carbons (Fsp3) is 0.750. The molecule has 2 atom stereocenters. The van der Waals surface area contributed by atoms with Gasteiger partial charge in [-0.05, 0) is 6.42 Å². The Labute approximate surface area is 81.1 Å². The van der Waals surface area contributed by atoms with E-state index in [1.54, 1.807) is 0 Å². The predicted octanol–water partition coefficient (Wildman–Crippen LogP) is -1.00. The van der Waals surface area contributed by atoms with E-state index in [1.165, 1.54) is 6.33 Å². The molecule has 1 aromatic rings. The molecule has 1 aliphatic rings. The van der Waals surface area contributed by atoms with E-state index in [1.807, 2.05) is 4.90 Å². The lowest BCUT2D eigenvalue weighted by atomic mass is 10.2. The molecule has 2 heterocycles. The van der Waals surface area contributed by atoms with Crippen molar-refractivity contribution in [3.05, 3.63) is 12.2 Å². The van der Waals surface area contributed by atoms with Gasteiger partial charge in [0.25, 0.3) is 0 Å². The van der Waals surface area contributed by atoms with Gasteiger partial charge < -0.3 is 14.7 Å². The lowest BCUT2D eigenvalue weighted by Crippen LogP contribution is -2.31. The van der Waals surface area contributed by atoms with Gasteiger partial charge in [0.15, 0.2) is 6.33 Å². The van der Waals surface area contributed by atoms with Crippen molar-refractivity contribution in [1.29, 1.82) is 0 Å². The third-order valence-electron chi connectivity index (χ3n) is 2.46. The van der Waals surface area contributed by atoms with E-state index < -0.39 is 0 Å². The summed E-state index contributed by atoms with van der Waals surface area (Å²) >= 11 is 0. The summed E-state index contributed by atoms with van der Waals surface area (Å²) < 4.78 is 4.86. The Bertz CT molecular complexity index is 277. The van der Waals surface area contributed by atoms with Crippen LogP contribution in [0.3, 0.4) is 0 Å². The quantitative estimate of drug-likeness (QED) is 0.649. The predicted molar refractivity (Wildman–Crippen MR) is 46.2 cm³/mol. The molecule has 0 aromatic carbocycles. The van der Waals surface area contributed by atoms with Gasteiger partial charge >= 0.3 is 0 Å². The number of hydrogen-bond donors (Lipinski definition) is 2. The van der Waals surface area contributed by atoms with Crippen molar-refractivity contribution in [2.24, 2.45) is 0 Å². The van der Waals surface area contributed by atoms with Crippen LogP contribution in [0.4, 0.5) is 0 Å². The molecule has 14 heavy (non-hydrogen) atoms. The largest absolute Gasteiger partial charge is 0.395 e. The van der Waals surface area contributed by atoms with Crippen LogP contribution in [0.15, 0.2) is 10.9 Å². The van der Waals surface area contributed by atoms with Crippen LogP contribution in [0.2, 0.25) is 0 Å². The molecule has 1 aromatic heterocycles. The fourth-order valence-corrected chi connectivity index (χ4v) is 1.78. The Morgan fingerprint density at radius 1 is 1.64 bits per heavy atom. The second-order valence-corrected chi connectivity index (χ2v) is 3.49. The highest BCUT2D eigenvalue weighted by Gasteiger charge is 2.31. The average molecular weight is 199 g/mol. The minimum atomic E-state index is -0.366. The maximum Gasteiger partial charge on any atom is 0.240 e. The molecule has 6 nitrogen and oxygen atoms in total. The summed E-state index contributed by atoms with van der Waals surface area (Å²) in [6.45, 7) is 1.08. The molecule has 78 valence electrons. The highest BCUT2D eigenvalue weighted by Crippen LogP contribution is 2.19. The number of aliphatic hydroxyl groups is 2. The molecule has 0 bridgehead atoms. The molecule has 0 spiro atoms. The molecule has 1 saturated heterocycles. The van der Waals surface area contributed by atoms with Crippen LogP contribution in [0, 0.1) is 0 Å². The highest BCUT2D eigenvalue weighted by atomic mass is 16.5. The van der Waals surface area contributed by atoms with Crippen LogP contribution in [-0.2, 0) is 6.54 Å². The second-order valence-electron chi connectivity index (χ2n) is 3.49. The fourth-order valence-electron chi connectivity index (χ4n) is 1.78. The molecule has 0 amide bonds. The van der Waals surface area contributed by atoms with Crippen LogP contribution in [0.5, 0.6) is 0 Å². The first-order valence-electron chi connectivity index (χ1n) is 4.58. The van der Waals surface area contributed by atoms with Crippen LogP contribution in [0.25, 0.3) is 0 Å². The van der Waals surface area contributed by atoms with Crippen LogP contribution in [-0.4, -0.2) is 50.6 Å². The van der Waals surface area contributed by atoms with Crippen LogP contribution >= 0.6 is 0 Å². The van der Waals surface area contributed by atoms with Gasteiger partial charge in [0, 0.05) is 12.6 Å². The minimum absolute atomic E-state index is 0.00287. The van der Waals surface area contributed by atoms with Crippen molar-refractivity contribution in [2.75, 3.05) is 13.2 Å². The van der Waals surface area contributed by atoms with Crippen molar-refractivity contribution in [1.82, 2.24) is 15.0 Å². The average Bonchev–Trinajstić information content (AvgIpc) is 2.76. The smallest absolute Gasteiger partial charge is 0.240 e. The van der Waals surface area contributed by atoms with Crippen molar-refractivity contribution in [3.8, 4) is 0 Å². The molecule has 2 N–H and O–H groups in total. The Hall–Kier alpha value is -0.980. The monoisotopic (exact) mass is 199 g/mol. The molecular formula is C8H13N3O3. The van der Waals surface area contributed by atoms with Gasteiger partial charge in [-0.25, -0.2) is 0 Å². The number of aromatic nitrogens is 2. The topological polar surface area (TPSA) is 82.6 Å². The Balaban J connectivity index is 1.97. The maximum atomic E-state index is 9.41. The van der Waals surface area contributed by atoms with Crippen molar-refractivity contribution < 1.29 is 14.7 Å². The first-order chi connectivity index (χ1) is 6.79. The zero-order chi connectivity index (χ0) is 9.97. The van der Waals surface area contributed by atoms with Gasteiger partial charge in [-0.2, -0.15) is 4.98 Å². The minimum Gasteiger partial charge on any atom is -0.395 e. The summed E-state index contributed by atoms with van der Waals surface area (Å²) in [6, 6.07) is -0.00287. The number of rotatable bonds is 3. The highest BCUT2D eigenvalue weighted by molar-refractivity contribution is 4.87. The van der Waals surface area contributed by atoms with Gasteiger partial charge in [0.2, 0.25) is 5.89 Å². The number of aliphatic hydroxyl groups excluding tert-OH is 2. The van der Waals surface area contributed by atoms with Gasteiger partial charge in [-0.3, -0.25) is 4.90 Å². The maximum absolute atomic E-state index is 9.41. The van der Waals surface area contributed by atoms with Gasteiger partial charge in [0.1, 0.15) is 0 Å². The number of hydrogen-bond acceptors (Lipinski definition) is 6. The Morgan fingerprint density at radius 3 is 3.14 bits per heavy atom. The standard InChI is InChI=1S/C8H13N3O3/c12-4-6-1-7(13)2-11(6)3-8-9-5-10-14-8/h5-7,12-13H,1-4H2. The first-order valence-corrected chi connectivity index (χ1v) is 4.58. The third-order valence-corrected chi connectivity index (χ3v) is 2.46. The normalized spacial score (nSPS) is 28.4. The molecule has 1 fully saturated rings. The van der Waals surface area contributed by atoms with Crippen molar-refractivity contribution >= 4 is 0 Å². The van der Waals surface area contributed by atoms with Gasteiger partial charge in [-0.1, -0.05) is 5.16 Å². The van der Waals surface area contributed by atoms with Crippen LogP contribution < -0.4 is 0 Å². The van der Waals surface area contributed by atoms with E-state index in [0.29, 0.717) is 25.4 Å². The number of nitrogens with zero attached hydrogens (tertiary/aromatic N) is 3. The number of β-amino-alcohol motifs (C(OH)–C–C–N with tert-alkyl or cyclic N) is 1. The van der Waals surface area contributed by atoms with Crippen LogP contribution in [0.1, 0.15) is 12.3 Å². The third kappa shape index (κ3) is 1.92. The molecule has 6 heteroatoms. The molecule has 2 rings (SSSR count). The molecule has 0 aliphatic carbocycles. The van der Waals surface area contributed by atoms with Crippen molar-refractivity contribution in [3.63, 3.8) is 0 Å². The molecule has 2 unspecified atom stereocenters. The molecule has 1 aliphatic heterocycles. The SMILES string of the molecule is OCC1CC(O)CN1Cc1ncno1. The van der Waals surface area contributed by atoms with E-state index in [-0.39, 0.29) is 18.8 Å². The summed E-state index contributed by atoms with van der Waals surface area (Å²) in [7, 11) is 0. The molecule has 0 radical (unpaired) electrons. The van der Waals surface area contributed by atoms with Crippen molar-refractivity contribution in [2.45, 2.75) is 25.1 Å². The zero-order valence-electron chi connectivity index (χ0n) is 7.70. The summed E-state index contributed by atoms with van der Waals surface area (Å²) in [5.41, 5.74) is 0. The van der Waals surface area contributed by atoms with E-state index >= 15 is 0 Å². The summed E-state index contributed by atoms with van der Waals surface area (Å²) in [5, 5.41) is 22.0. The Morgan fingerprint density at radius 2 is 2.50 bits per heavy atom. The lowest BCUT2D eigenvalue weighted by Gasteiger charge is -2.19. The summed E-state index contributed by atoms with van der Waals surface area (Å²) in [6.07, 6.45) is 1.58. The van der Waals surface area contributed by atoms with E-state index in [2.05, 4.69) is 10.1 Å². The number of likely N-dealkylation sites (tertiary alicyclic amines) is 1. The first kappa shape index (κ1) is 9.57. The van der Waals surface area contributed by atoms with Gasteiger partial charge in [-0.15, -0.1) is 0 Å². The summed E-state index contributed by atoms with van der Waals surface area (Å²) in [4.78, 5) is 5.83. The second kappa shape index (κ2) is 4.04. The Kier molecular flexibility index (Phi) is 2.76. The summed E-state index contributed by atoms with van der Waals surface area (Å²) in [5.74, 6) is 0.512. The molecular weight excluding hydrogens is 186 g/mol. The van der Waals surface area contributed by atoms with E-state index in [9.17, 15) is 5.11 Å². The molecule has 0 saturated carbocycles. The van der Waals surface area contributed by atoms with Gasteiger partial charge in [0.05, 0.1) is 19.3 Å². The van der Waals surface area contributed by atoms with E-state index in [0.717, 1.165) is 0 Å². The van der Waals surface area contributed by atoms with E-state index in [4.69, 9.17) is 9.63 Å². The zero-order valence-corrected chi connectivity index (χ0v) is 7.70. The lowest BCUT2D eigenvalue weighted by molar-refractivity contribution is 0.137.